The van der Waals surface area contributed by atoms with Crippen molar-refractivity contribution in [1.82, 2.24) is 10.2 Å². The average Bonchev–Trinajstić information content (AvgIpc) is 3.13. The first-order valence-corrected chi connectivity index (χ1v) is 9.44. The highest BCUT2D eigenvalue weighted by Gasteiger charge is 2.39. The van der Waals surface area contributed by atoms with Crippen LogP contribution in [0.4, 0.5) is 0 Å². The molecule has 2 aromatic carbocycles. The fraction of sp³-hybridized carbons (Fsp3) is 0.333. The summed E-state index contributed by atoms with van der Waals surface area (Å²) >= 11 is 0. The monoisotopic (exact) mass is 414 g/mol. The van der Waals surface area contributed by atoms with Crippen molar-refractivity contribution in [1.29, 1.82) is 0 Å². The molecule has 1 fully saturated rings. The van der Waals surface area contributed by atoms with Gasteiger partial charge in [-0.15, -0.1) is 0 Å². The lowest BCUT2D eigenvalue weighted by Crippen LogP contribution is -2.50. The number of ether oxygens (including phenoxy) is 1. The van der Waals surface area contributed by atoms with Crippen molar-refractivity contribution in [2.24, 2.45) is 0 Å². The molecule has 0 radical (unpaired) electrons. The van der Waals surface area contributed by atoms with Gasteiger partial charge in [-0.2, -0.15) is 0 Å². The molecular formula is C21H22N2O7. The summed E-state index contributed by atoms with van der Waals surface area (Å²) in [5, 5.41) is 22.9. The summed E-state index contributed by atoms with van der Waals surface area (Å²) in [6, 6.07) is 10.8. The van der Waals surface area contributed by atoms with E-state index in [2.05, 4.69) is 5.32 Å². The Morgan fingerprint density at radius 1 is 1.20 bits per heavy atom. The van der Waals surface area contributed by atoms with Crippen LogP contribution in [-0.4, -0.2) is 70.5 Å². The highest BCUT2D eigenvalue weighted by Crippen LogP contribution is 2.25. The van der Waals surface area contributed by atoms with Gasteiger partial charge in [-0.1, -0.05) is 36.4 Å². The van der Waals surface area contributed by atoms with E-state index in [9.17, 15) is 24.3 Å². The van der Waals surface area contributed by atoms with E-state index in [1.807, 2.05) is 30.3 Å². The van der Waals surface area contributed by atoms with Crippen molar-refractivity contribution in [2.45, 2.75) is 31.0 Å². The second kappa shape index (κ2) is 9.36. The maximum atomic E-state index is 12.7. The number of hydrogen-bond acceptors (Lipinski definition) is 6. The van der Waals surface area contributed by atoms with E-state index in [0.29, 0.717) is 12.0 Å². The molecule has 1 heterocycles. The smallest absolute Gasteiger partial charge is 0.305 e. The summed E-state index contributed by atoms with van der Waals surface area (Å²) in [5.74, 6) is -1.91. The number of fused-ring (bicyclic) bond motifs is 1. The summed E-state index contributed by atoms with van der Waals surface area (Å²) in [7, 11) is 0. The van der Waals surface area contributed by atoms with Crippen molar-refractivity contribution in [3.05, 3.63) is 42.5 Å². The number of likely N-dealkylation sites (tertiary alicyclic amines) is 1. The Morgan fingerprint density at radius 3 is 2.67 bits per heavy atom. The molecule has 9 nitrogen and oxygen atoms in total. The van der Waals surface area contributed by atoms with Crippen molar-refractivity contribution >= 4 is 34.8 Å². The third-order valence-electron chi connectivity index (χ3n) is 4.89. The molecule has 1 saturated heterocycles. The van der Waals surface area contributed by atoms with Gasteiger partial charge >= 0.3 is 5.97 Å². The molecule has 0 saturated carbocycles. The zero-order valence-electron chi connectivity index (χ0n) is 16.1. The molecule has 2 aromatic rings. The van der Waals surface area contributed by atoms with Gasteiger partial charge in [0.05, 0.1) is 18.6 Å². The summed E-state index contributed by atoms with van der Waals surface area (Å²) < 4.78 is 5.67. The van der Waals surface area contributed by atoms with Gasteiger partial charge in [0, 0.05) is 18.4 Å². The fourth-order valence-electron chi connectivity index (χ4n) is 3.48. The van der Waals surface area contributed by atoms with Crippen molar-refractivity contribution in [2.75, 3.05) is 13.2 Å². The van der Waals surface area contributed by atoms with Crippen molar-refractivity contribution in [3.8, 4) is 5.75 Å². The first kappa shape index (κ1) is 21.3. The largest absolute Gasteiger partial charge is 0.483 e. The number of amides is 2. The molecule has 30 heavy (non-hydrogen) atoms. The van der Waals surface area contributed by atoms with Crippen LogP contribution >= 0.6 is 0 Å². The number of carbonyl (C=O) groups excluding carboxylic acids is 3. The van der Waals surface area contributed by atoms with Gasteiger partial charge in [0.15, 0.2) is 6.61 Å². The van der Waals surface area contributed by atoms with E-state index in [1.54, 1.807) is 12.1 Å². The highest BCUT2D eigenvalue weighted by molar-refractivity contribution is 5.92. The first-order valence-electron chi connectivity index (χ1n) is 9.44. The minimum atomic E-state index is -1.24. The third-order valence-corrected chi connectivity index (χ3v) is 4.89. The molecule has 9 heteroatoms. The van der Waals surface area contributed by atoms with Crippen molar-refractivity contribution < 1.29 is 34.1 Å². The number of nitrogens with one attached hydrogen (secondary N) is 1. The zero-order chi connectivity index (χ0) is 21.7. The van der Waals surface area contributed by atoms with Crippen LogP contribution in [0.2, 0.25) is 0 Å². The Morgan fingerprint density at radius 2 is 1.93 bits per heavy atom. The van der Waals surface area contributed by atoms with Gasteiger partial charge in [-0.25, -0.2) is 0 Å². The minimum Gasteiger partial charge on any atom is -0.483 e. The predicted octanol–water partition coefficient (Wildman–Crippen LogP) is 0.339. The van der Waals surface area contributed by atoms with Gasteiger partial charge in [0.25, 0.3) is 5.91 Å². The lowest BCUT2D eigenvalue weighted by molar-refractivity contribution is -0.142. The number of nitrogens with zero attached hydrogens (tertiary/aromatic N) is 1. The molecule has 2 amide bonds. The molecule has 0 aromatic heterocycles. The molecule has 1 aliphatic rings. The second-order valence-corrected chi connectivity index (χ2v) is 7.07. The van der Waals surface area contributed by atoms with E-state index in [0.717, 1.165) is 10.8 Å². The second-order valence-electron chi connectivity index (χ2n) is 7.07. The number of β-amino-alcohol motifs (C(OH)–C–C–N with tert-alkyl or cyclic N) is 1. The van der Waals surface area contributed by atoms with Crippen LogP contribution in [0.25, 0.3) is 10.8 Å². The van der Waals surface area contributed by atoms with E-state index in [-0.39, 0.29) is 19.6 Å². The Labute approximate surface area is 172 Å². The van der Waals surface area contributed by atoms with Crippen LogP contribution in [0.5, 0.6) is 5.75 Å². The minimum absolute atomic E-state index is 0.00943. The normalized spacial score (nSPS) is 19.3. The number of aliphatic hydroxyl groups excluding tert-OH is 1. The molecule has 1 aliphatic heterocycles. The Bertz CT molecular complexity index is 956. The molecule has 3 rings (SSSR count). The van der Waals surface area contributed by atoms with Gasteiger partial charge in [0.1, 0.15) is 18.1 Å². The number of aldehydes is 1. The molecule has 3 unspecified atom stereocenters. The highest BCUT2D eigenvalue weighted by atomic mass is 16.5. The van der Waals surface area contributed by atoms with Crippen LogP contribution in [0.1, 0.15) is 12.8 Å². The van der Waals surface area contributed by atoms with E-state index < -0.39 is 42.4 Å². The fourth-order valence-corrected chi connectivity index (χ4v) is 3.48. The number of carboxylic acid groups (broad SMARTS) is 1. The van der Waals surface area contributed by atoms with Crippen LogP contribution in [0.3, 0.4) is 0 Å². The van der Waals surface area contributed by atoms with E-state index >= 15 is 0 Å². The summed E-state index contributed by atoms with van der Waals surface area (Å²) in [5.41, 5.74) is 0. The number of benzene rings is 2. The Hall–Kier alpha value is -3.46. The summed E-state index contributed by atoms with van der Waals surface area (Å²) in [6.45, 7) is -0.392. The maximum Gasteiger partial charge on any atom is 0.305 e. The number of rotatable bonds is 8. The molecule has 0 bridgehead atoms. The standard InChI is InChI=1S/C21H22N2O7/c24-11-14(8-20(27)28)22-21(29)17-9-15(25)10-23(17)19(26)12-30-18-7-3-5-13-4-1-2-6-16(13)18/h1-7,11,14-15,17,25H,8-10,12H2,(H,22,29)(H,27,28). The third kappa shape index (κ3) is 4.93. The van der Waals surface area contributed by atoms with Gasteiger partial charge < -0.3 is 30.0 Å². The molecule has 3 atom stereocenters. The maximum absolute atomic E-state index is 12.7. The van der Waals surface area contributed by atoms with Gasteiger partial charge in [-0.3, -0.25) is 14.4 Å². The summed E-state index contributed by atoms with van der Waals surface area (Å²) in [4.78, 5) is 48.2. The predicted molar refractivity (Wildman–Crippen MR) is 106 cm³/mol. The Kier molecular flexibility index (Phi) is 6.63. The number of carbonyl (C=O) groups is 4. The lowest BCUT2D eigenvalue weighted by atomic mass is 10.1. The van der Waals surface area contributed by atoms with Gasteiger partial charge in [0.2, 0.25) is 5.91 Å². The van der Waals surface area contributed by atoms with E-state index in [1.165, 1.54) is 4.90 Å². The zero-order valence-corrected chi connectivity index (χ0v) is 16.1. The van der Waals surface area contributed by atoms with Gasteiger partial charge in [-0.05, 0) is 11.5 Å². The van der Waals surface area contributed by atoms with Crippen LogP contribution in [0.15, 0.2) is 42.5 Å². The molecule has 0 spiro atoms. The average molecular weight is 414 g/mol. The number of hydrogen-bond donors (Lipinski definition) is 3. The topological polar surface area (TPSA) is 133 Å². The summed E-state index contributed by atoms with van der Waals surface area (Å²) in [6.07, 6.45) is -1.16. The number of carboxylic acids is 1. The van der Waals surface area contributed by atoms with Crippen LogP contribution in [0, 0.1) is 0 Å². The Balaban J connectivity index is 1.66. The number of aliphatic hydroxyl groups is 1. The van der Waals surface area contributed by atoms with E-state index in [4.69, 9.17) is 9.84 Å². The lowest BCUT2D eigenvalue weighted by Gasteiger charge is -2.24. The SMILES string of the molecule is O=CC(CC(=O)O)NC(=O)C1CC(O)CN1C(=O)COc1cccc2ccccc12. The molecule has 3 N–H and O–H groups in total. The molecule has 158 valence electrons. The quantitative estimate of drug-likeness (QED) is 0.531. The van der Waals surface area contributed by atoms with Crippen molar-refractivity contribution in [3.63, 3.8) is 0 Å². The molecular weight excluding hydrogens is 392 g/mol. The molecule has 0 aliphatic carbocycles. The first-order chi connectivity index (χ1) is 14.4. The number of aliphatic carboxylic acids is 1. The van der Waals surface area contributed by atoms with Crippen LogP contribution < -0.4 is 10.1 Å². The van der Waals surface area contributed by atoms with Crippen LogP contribution in [-0.2, 0) is 19.2 Å².